The summed E-state index contributed by atoms with van der Waals surface area (Å²) in [4.78, 5) is 0. The Morgan fingerprint density at radius 2 is 2.17 bits per heavy atom. The van der Waals surface area contributed by atoms with Crippen molar-refractivity contribution in [1.82, 2.24) is 0 Å². The van der Waals surface area contributed by atoms with E-state index in [1.54, 1.807) is 0 Å². The molecule has 0 aromatic heterocycles. The maximum atomic E-state index is 5.68. The van der Waals surface area contributed by atoms with Crippen LogP contribution in [0.25, 0.3) is 0 Å². The third-order valence-electron chi connectivity index (χ3n) is 2.10. The van der Waals surface area contributed by atoms with E-state index in [2.05, 4.69) is 15.9 Å². The summed E-state index contributed by atoms with van der Waals surface area (Å²) in [7, 11) is 0. The lowest BCUT2D eigenvalue weighted by atomic mass is 9.97. The van der Waals surface area contributed by atoms with Gasteiger partial charge in [0, 0.05) is 16.1 Å². The Labute approximate surface area is 79.8 Å². The maximum Gasteiger partial charge on any atom is 0.0557 e. The molecule has 12 heavy (non-hydrogen) atoms. The SMILES string of the molecule is Nc1ccc(Br)c(C2COC2)c1. The normalized spacial score (nSPS) is 17.4. The van der Waals surface area contributed by atoms with Crippen LogP contribution >= 0.6 is 15.9 Å². The van der Waals surface area contributed by atoms with Crippen LogP contribution in [-0.2, 0) is 4.74 Å². The lowest BCUT2D eigenvalue weighted by Crippen LogP contribution is -2.25. The minimum Gasteiger partial charge on any atom is -0.399 e. The van der Waals surface area contributed by atoms with Gasteiger partial charge in [-0.1, -0.05) is 15.9 Å². The van der Waals surface area contributed by atoms with Gasteiger partial charge in [0.2, 0.25) is 0 Å². The summed E-state index contributed by atoms with van der Waals surface area (Å²) in [6.45, 7) is 1.64. The van der Waals surface area contributed by atoms with Crippen LogP contribution in [0.4, 0.5) is 5.69 Å². The van der Waals surface area contributed by atoms with E-state index in [4.69, 9.17) is 10.5 Å². The second-order valence-electron chi connectivity index (χ2n) is 3.02. The number of benzene rings is 1. The summed E-state index contributed by atoms with van der Waals surface area (Å²) in [5.74, 6) is 0.530. The largest absolute Gasteiger partial charge is 0.399 e. The molecule has 0 unspecified atom stereocenters. The summed E-state index contributed by atoms with van der Waals surface area (Å²) < 4.78 is 6.25. The predicted molar refractivity (Wildman–Crippen MR) is 52.1 cm³/mol. The summed E-state index contributed by atoms with van der Waals surface area (Å²) >= 11 is 3.49. The smallest absolute Gasteiger partial charge is 0.0557 e. The Hall–Kier alpha value is -0.540. The van der Waals surface area contributed by atoms with Gasteiger partial charge in [-0.2, -0.15) is 0 Å². The van der Waals surface area contributed by atoms with Crippen LogP contribution in [0.5, 0.6) is 0 Å². The van der Waals surface area contributed by atoms with Crippen molar-refractivity contribution in [1.29, 1.82) is 0 Å². The number of halogens is 1. The van der Waals surface area contributed by atoms with E-state index < -0.39 is 0 Å². The minimum absolute atomic E-state index is 0.530. The number of nitrogen functional groups attached to an aromatic ring is 1. The molecule has 0 bridgehead atoms. The van der Waals surface area contributed by atoms with Gasteiger partial charge < -0.3 is 10.5 Å². The lowest BCUT2D eigenvalue weighted by molar-refractivity contribution is 0.00816. The maximum absolute atomic E-state index is 5.68. The Bertz CT molecular complexity index is 297. The second-order valence-corrected chi connectivity index (χ2v) is 3.87. The topological polar surface area (TPSA) is 35.2 Å². The molecule has 2 rings (SSSR count). The standard InChI is InChI=1S/C9H10BrNO/c10-9-2-1-7(11)3-8(9)6-4-12-5-6/h1-3,6H,4-5,11H2. The molecule has 64 valence electrons. The second kappa shape index (κ2) is 3.07. The van der Waals surface area contributed by atoms with E-state index in [0.29, 0.717) is 5.92 Å². The van der Waals surface area contributed by atoms with Gasteiger partial charge in [-0.3, -0.25) is 0 Å². The van der Waals surface area contributed by atoms with Crippen molar-refractivity contribution in [2.75, 3.05) is 18.9 Å². The fourth-order valence-electron chi connectivity index (χ4n) is 1.29. The molecule has 0 atom stereocenters. The third-order valence-corrected chi connectivity index (χ3v) is 2.82. The molecule has 1 heterocycles. The van der Waals surface area contributed by atoms with Crippen molar-refractivity contribution >= 4 is 21.6 Å². The van der Waals surface area contributed by atoms with Gasteiger partial charge in [0.25, 0.3) is 0 Å². The molecule has 0 radical (unpaired) electrons. The van der Waals surface area contributed by atoms with Crippen molar-refractivity contribution < 1.29 is 4.74 Å². The zero-order valence-electron chi connectivity index (χ0n) is 6.59. The molecule has 0 aliphatic carbocycles. The molecule has 0 saturated carbocycles. The Morgan fingerprint density at radius 1 is 1.42 bits per heavy atom. The fraction of sp³-hybridized carbons (Fsp3) is 0.333. The van der Waals surface area contributed by atoms with Crippen LogP contribution in [0.3, 0.4) is 0 Å². The van der Waals surface area contributed by atoms with Crippen LogP contribution in [0.2, 0.25) is 0 Å². The zero-order valence-corrected chi connectivity index (χ0v) is 8.17. The number of hydrogen-bond acceptors (Lipinski definition) is 2. The summed E-state index contributed by atoms with van der Waals surface area (Å²) in [6, 6.07) is 5.90. The molecule has 1 aliphatic heterocycles. The molecular weight excluding hydrogens is 218 g/mol. The number of rotatable bonds is 1. The highest BCUT2D eigenvalue weighted by atomic mass is 79.9. The molecule has 0 spiro atoms. The Kier molecular flexibility index (Phi) is 2.07. The van der Waals surface area contributed by atoms with Gasteiger partial charge >= 0.3 is 0 Å². The first kappa shape index (κ1) is 8.08. The predicted octanol–water partition coefficient (Wildman–Crippen LogP) is 2.15. The van der Waals surface area contributed by atoms with Gasteiger partial charge in [-0.15, -0.1) is 0 Å². The monoisotopic (exact) mass is 227 g/mol. The number of anilines is 1. The zero-order chi connectivity index (χ0) is 8.55. The van der Waals surface area contributed by atoms with E-state index in [1.165, 1.54) is 5.56 Å². The van der Waals surface area contributed by atoms with E-state index in [0.717, 1.165) is 23.4 Å². The number of nitrogens with two attached hydrogens (primary N) is 1. The molecule has 0 amide bonds. The number of hydrogen-bond donors (Lipinski definition) is 1. The molecule has 1 aromatic rings. The highest BCUT2D eigenvalue weighted by Crippen LogP contribution is 2.31. The van der Waals surface area contributed by atoms with Crippen molar-refractivity contribution in [3.05, 3.63) is 28.2 Å². The summed E-state index contributed by atoms with van der Waals surface area (Å²) in [5, 5.41) is 0. The van der Waals surface area contributed by atoms with Gasteiger partial charge in [-0.25, -0.2) is 0 Å². The van der Waals surface area contributed by atoms with Gasteiger partial charge in [0.15, 0.2) is 0 Å². The minimum atomic E-state index is 0.530. The van der Waals surface area contributed by atoms with E-state index >= 15 is 0 Å². The first-order chi connectivity index (χ1) is 5.77. The van der Waals surface area contributed by atoms with E-state index in [1.807, 2.05) is 18.2 Å². The average Bonchev–Trinajstić information content (AvgIpc) is 1.93. The molecule has 1 saturated heterocycles. The highest BCUT2D eigenvalue weighted by Gasteiger charge is 2.22. The van der Waals surface area contributed by atoms with Crippen LogP contribution in [0.15, 0.2) is 22.7 Å². The third kappa shape index (κ3) is 1.34. The van der Waals surface area contributed by atoms with Crippen molar-refractivity contribution in [2.45, 2.75) is 5.92 Å². The molecular formula is C9H10BrNO. The average molecular weight is 228 g/mol. The quantitative estimate of drug-likeness (QED) is 0.747. The van der Waals surface area contributed by atoms with Crippen molar-refractivity contribution in [2.24, 2.45) is 0 Å². The van der Waals surface area contributed by atoms with E-state index in [-0.39, 0.29) is 0 Å². The van der Waals surface area contributed by atoms with Gasteiger partial charge in [0.05, 0.1) is 13.2 Å². The summed E-state index contributed by atoms with van der Waals surface area (Å²) in [6.07, 6.45) is 0. The van der Waals surface area contributed by atoms with Crippen LogP contribution in [0.1, 0.15) is 11.5 Å². The Balaban J connectivity index is 2.34. The van der Waals surface area contributed by atoms with Crippen molar-refractivity contribution in [3.8, 4) is 0 Å². The summed E-state index contributed by atoms with van der Waals surface area (Å²) in [5.41, 5.74) is 7.77. The molecule has 3 heteroatoms. The first-order valence-electron chi connectivity index (χ1n) is 3.90. The van der Waals surface area contributed by atoms with Crippen LogP contribution in [0, 0.1) is 0 Å². The highest BCUT2D eigenvalue weighted by molar-refractivity contribution is 9.10. The molecule has 2 N–H and O–H groups in total. The van der Waals surface area contributed by atoms with Crippen LogP contribution in [-0.4, -0.2) is 13.2 Å². The number of ether oxygens (including phenoxy) is 1. The van der Waals surface area contributed by atoms with E-state index in [9.17, 15) is 0 Å². The van der Waals surface area contributed by atoms with Gasteiger partial charge in [0.1, 0.15) is 0 Å². The first-order valence-corrected chi connectivity index (χ1v) is 4.69. The molecule has 1 aromatic carbocycles. The van der Waals surface area contributed by atoms with Crippen molar-refractivity contribution in [3.63, 3.8) is 0 Å². The lowest BCUT2D eigenvalue weighted by Gasteiger charge is -2.27. The molecule has 1 fully saturated rings. The van der Waals surface area contributed by atoms with Crippen LogP contribution < -0.4 is 5.73 Å². The molecule has 1 aliphatic rings. The Morgan fingerprint density at radius 3 is 2.75 bits per heavy atom. The fourth-order valence-corrected chi connectivity index (χ4v) is 1.86. The van der Waals surface area contributed by atoms with Gasteiger partial charge in [-0.05, 0) is 23.8 Å². The molecule has 2 nitrogen and oxygen atoms in total.